The number of hydrogen-bond donors (Lipinski definition) is 2. The highest BCUT2D eigenvalue weighted by atomic mass is 35.5. The van der Waals surface area contributed by atoms with Crippen LogP contribution in [0.3, 0.4) is 0 Å². The molecule has 0 spiro atoms. The van der Waals surface area contributed by atoms with E-state index in [1.165, 1.54) is 29.5 Å². The molecule has 7 heteroatoms. The molecule has 1 amide bonds. The van der Waals surface area contributed by atoms with E-state index >= 15 is 0 Å². The minimum Gasteiger partial charge on any atom is -0.332 e. The van der Waals surface area contributed by atoms with E-state index in [4.69, 9.17) is 11.6 Å². The van der Waals surface area contributed by atoms with Gasteiger partial charge in [-0.15, -0.1) is 11.3 Å². The Labute approximate surface area is 147 Å². The van der Waals surface area contributed by atoms with Gasteiger partial charge in [-0.2, -0.15) is 0 Å². The Kier molecular flexibility index (Phi) is 5.08. The first-order chi connectivity index (χ1) is 11.6. The van der Waals surface area contributed by atoms with Gasteiger partial charge in [0, 0.05) is 16.8 Å². The smallest absolute Gasteiger partial charge is 0.230 e. The van der Waals surface area contributed by atoms with Crippen LogP contribution in [0.1, 0.15) is 5.69 Å². The summed E-state index contributed by atoms with van der Waals surface area (Å²) in [7, 11) is 0. The van der Waals surface area contributed by atoms with Crippen molar-refractivity contribution in [3.63, 3.8) is 0 Å². The molecule has 4 nitrogen and oxygen atoms in total. The summed E-state index contributed by atoms with van der Waals surface area (Å²) in [5, 5.41) is 8.36. The maximum absolute atomic E-state index is 13.1. The van der Waals surface area contributed by atoms with Crippen LogP contribution >= 0.6 is 22.9 Å². The molecule has 122 valence electrons. The molecule has 0 aliphatic carbocycles. The van der Waals surface area contributed by atoms with E-state index in [9.17, 15) is 9.18 Å². The average molecular weight is 362 g/mol. The maximum atomic E-state index is 13.1. The van der Waals surface area contributed by atoms with Crippen molar-refractivity contribution < 1.29 is 9.18 Å². The molecule has 0 saturated carbocycles. The number of amides is 1. The third-order valence-electron chi connectivity index (χ3n) is 3.12. The van der Waals surface area contributed by atoms with Crippen LogP contribution in [0.4, 0.5) is 20.9 Å². The first-order valence-corrected chi connectivity index (χ1v) is 8.37. The fourth-order valence-electron chi connectivity index (χ4n) is 2.03. The standard InChI is InChI=1S/C17H13ClFN3OS/c18-14-8-12(6-7-15(14)19)20-16(23)9-13-10-24-17(22-13)21-11-4-2-1-3-5-11/h1-8,10H,9H2,(H,20,23)(H,21,22). The van der Waals surface area contributed by atoms with Gasteiger partial charge in [0.25, 0.3) is 0 Å². The van der Waals surface area contributed by atoms with E-state index in [0.29, 0.717) is 16.5 Å². The first kappa shape index (κ1) is 16.4. The van der Waals surface area contributed by atoms with E-state index in [0.717, 1.165) is 5.69 Å². The van der Waals surface area contributed by atoms with Gasteiger partial charge in [-0.05, 0) is 30.3 Å². The highest BCUT2D eigenvalue weighted by Gasteiger charge is 2.09. The predicted molar refractivity (Wildman–Crippen MR) is 95.6 cm³/mol. The molecule has 3 aromatic rings. The van der Waals surface area contributed by atoms with Crippen molar-refractivity contribution >= 4 is 45.4 Å². The van der Waals surface area contributed by atoms with Gasteiger partial charge >= 0.3 is 0 Å². The van der Waals surface area contributed by atoms with Crippen molar-refractivity contribution in [1.82, 2.24) is 4.98 Å². The fraction of sp³-hybridized carbons (Fsp3) is 0.0588. The number of aromatic nitrogens is 1. The second-order valence-electron chi connectivity index (χ2n) is 4.99. The Morgan fingerprint density at radius 2 is 1.96 bits per heavy atom. The van der Waals surface area contributed by atoms with E-state index in [-0.39, 0.29) is 17.4 Å². The molecular formula is C17H13ClFN3OS. The summed E-state index contributed by atoms with van der Waals surface area (Å²) in [6.45, 7) is 0. The number of anilines is 3. The lowest BCUT2D eigenvalue weighted by atomic mass is 10.2. The number of rotatable bonds is 5. The molecule has 0 atom stereocenters. The molecule has 0 fully saturated rings. The summed E-state index contributed by atoms with van der Waals surface area (Å²) in [6, 6.07) is 13.7. The zero-order valence-electron chi connectivity index (χ0n) is 12.4. The molecule has 0 bridgehead atoms. The molecule has 2 aromatic carbocycles. The van der Waals surface area contributed by atoms with Crippen LogP contribution in [0.2, 0.25) is 5.02 Å². The van der Waals surface area contributed by atoms with Gasteiger partial charge in [0.15, 0.2) is 5.13 Å². The maximum Gasteiger partial charge on any atom is 0.230 e. The van der Waals surface area contributed by atoms with Crippen LogP contribution in [0.15, 0.2) is 53.9 Å². The number of carbonyl (C=O) groups is 1. The first-order valence-electron chi connectivity index (χ1n) is 7.11. The zero-order valence-corrected chi connectivity index (χ0v) is 14.0. The monoisotopic (exact) mass is 361 g/mol. The molecular weight excluding hydrogens is 349 g/mol. The van der Waals surface area contributed by atoms with Crippen LogP contribution < -0.4 is 10.6 Å². The molecule has 3 rings (SSSR count). The predicted octanol–water partition coefficient (Wildman–Crippen LogP) is 4.86. The Hall–Kier alpha value is -2.44. The third-order valence-corrected chi connectivity index (χ3v) is 4.22. The van der Waals surface area contributed by atoms with Gasteiger partial charge in [0.2, 0.25) is 5.91 Å². The molecule has 0 aliphatic heterocycles. The minimum absolute atomic E-state index is 0.0317. The summed E-state index contributed by atoms with van der Waals surface area (Å²) in [5.41, 5.74) is 2.04. The van der Waals surface area contributed by atoms with Crippen molar-refractivity contribution in [1.29, 1.82) is 0 Å². The third kappa shape index (κ3) is 4.31. The zero-order chi connectivity index (χ0) is 16.9. The normalized spacial score (nSPS) is 10.4. The molecule has 2 N–H and O–H groups in total. The van der Waals surface area contributed by atoms with Crippen molar-refractivity contribution in [3.05, 3.63) is 70.4 Å². The lowest BCUT2D eigenvalue weighted by Gasteiger charge is -2.05. The highest BCUT2D eigenvalue weighted by Crippen LogP contribution is 2.22. The number of nitrogens with zero attached hydrogens (tertiary/aromatic N) is 1. The summed E-state index contributed by atoms with van der Waals surface area (Å²) >= 11 is 7.12. The van der Waals surface area contributed by atoms with Crippen LogP contribution in [0.25, 0.3) is 0 Å². The lowest BCUT2D eigenvalue weighted by Crippen LogP contribution is -2.14. The minimum atomic E-state index is -0.522. The van der Waals surface area contributed by atoms with Crippen LogP contribution in [0.5, 0.6) is 0 Å². The van der Waals surface area contributed by atoms with E-state index < -0.39 is 5.82 Å². The van der Waals surface area contributed by atoms with Crippen LogP contribution in [-0.2, 0) is 11.2 Å². The van der Waals surface area contributed by atoms with Crippen molar-refractivity contribution in [2.45, 2.75) is 6.42 Å². The second kappa shape index (κ2) is 7.42. The highest BCUT2D eigenvalue weighted by molar-refractivity contribution is 7.13. The van der Waals surface area contributed by atoms with Crippen molar-refractivity contribution in [2.75, 3.05) is 10.6 Å². The number of benzene rings is 2. The van der Waals surface area contributed by atoms with E-state index in [1.807, 2.05) is 35.7 Å². The van der Waals surface area contributed by atoms with E-state index in [2.05, 4.69) is 15.6 Å². The van der Waals surface area contributed by atoms with E-state index in [1.54, 1.807) is 0 Å². The number of para-hydroxylation sites is 1. The average Bonchev–Trinajstić information content (AvgIpc) is 2.99. The van der Waals surface area contributed by atoms with Gasteiger partial charge in [-0.25, -0.2) is 9.37 Å². The van der Waals surface area contributed by atoms with Crippen LogP contribution in [0, 0.1) is 5.82 Å². The molecule has 0 unspecified atom stereocenters. The summed E-state index contributed by atoms with van der Waals surface area (Å²) in [5.74, 6) is -0.764. The van der Waals surface area contributed by atoms with Crippen LogP contribution in [-0.4, -0.2) is 10.9 Å². The number of thiazole rings is 1. The van der Waals surface area contributed by atoms with Crippen molar-refractivity contribution in [2.24, 2.45) is 0 Å². The van der Waals surface area contributed by atoms with Gasteiger partial charge in [0.1, 0.15) is 5.82 Å². The van der Waals surface area contributed by atoms with Gasteiger partial charge in [-0.1, -0.05) is 29.8 Å². The Balaban J connectivity index is 1.59. The summed E-state index contributed by atoms with van der Waals surface area (Å²) < 4.78 is 13.1. The topological polar surface area (TPSA) is 54.0 Å². The Morgan fingerprint density at radius 3 is 2.71 bits per heavy atom. The summed E-state index contributed by atoms with van der Waals surface area (Å²) in [6.07, 6.45) is 0.127. The largest absolute Gasteiger partial charge is 0.332 e. The van der Waals surface area contributed by atoms with Gasteiger partial charge in [-0.3, -0.25) is 4.79 Å². The molecule has 24 heavy (non-hydrogen) atoms. The molecule has 0 aliphatic rings. The molecule has 1 heterocycles. The van der Waals surface area contributed by atoms with Gasteiger partial charge < -0.3 is 10.6 Å². The molecule has 0 saturated heterocycles. The Bertz CT molecular complexity index is 854. The number of halogens is 2. The number of carbonyl (C=O) groups excluding carboxylic acids is 1. The number of nitrogens with one attached hydrogen (secondary N) is 2. The van der Waals surface area contributed by atoms with Gasteiger partial charge in [0.05, 0.1) is 17.1 Å². The second-order valence-corrected chi connectivity index (χ2v) is 6.25. The number of hydrogen-bond acceptors (Lipinski definition) is 4. The molecule has 0 radical (unpaired) electrons. The SMILES string of the molecule is O=C(Cc1csc(Nc2ccccc2)n1)Nc1ccc(F)c(Cl)c1. The lowest BCUT2D eigenvalue weighted by molar-refractivity contribution is -0.115. The molecule has 1 aromatic heterocycles. The quantitative estimate of drug-likeness (QED) is 0.682. The fourth-order valence-corrected chi connectivity index (χ4v) is 2.95. The summed E-state index contributed by atoms with van der Waals surface area (Å²) in [4.78, 5) is 16.4. The Morgan fingerprint density at radius 1 is 1.17 bits per heavy atom. The van der Waals surface area contributed by atoms with Crippen molar-refractivity contribution in [3.8, 4) is 0 Å².